The number of methoxy groups -OCH3 is 2. The topological polar surface area (TPSA) is 81.9 Å². The molecule has 0 radical (unpaired) electrons. The number of hydrogen-bond acceptors (Lipinski definition) is 5. The molecule has 1 heterocycles. The fourth-order valence-corrected chi connectivity index (χ4v) is 4.45. The van der Waals surface area contributed by atoms with Gasteiger partial charge in [0, 0.05) is 5.69 Å². The molecule has 0 unspecified atom stereocenters. The SMILES string of the molecule is COc1ccc(C2=C(c3ccc(OC)cc3)C(=O)N(c3ccc(Cc4ccc(N)cc4)cc3)C2=O)cc1. The van der Waals surface area contributed by atoms with Gasteiger partial charge in [-0.2, -0.15) is 0 Å². The van der Waals surface area contributed by atoms with Crippen molar-refractivity contribution in [2.45, 2.75) is 6.42 Å². The molecule has 37 heavy (non-hydrogen) atoms. The lowest BCUT2D eigenvalue weighted by Gasteiger charge is -2.16. The van der Waals surface area contributed by atoms with E-state index < -0.39 is 0 Å². The molecule has 2 N–H and O–H groups in total. The second-order valence-corrected chi connectivity index (χ2v) is 8.74. The smallest absolute Gasteiger partial charge is 0.266 e. The summed E-state index contributed by atoms with van der Waals surface area (Å²) < 4.78 is 10.5. The van der Waals surface area contributed by atoms with Gasteiger partial charge in [0.15, 0.2) is 0 Å². The number of nitrogen functional groups attached to an aromatic ring is 1. The van der Waals surface area contributed by atoms with Crippen LogP contribution in [-0.4, -0.2) is 26.0 Å². The molecule has 0 aromatic heterocycles. The van der Waals surface area contributed by atoms with Gasteiger partial charge in [0.2, 0.25) is 0 Å². The minimum absolute atomic E-state index is 0.351. The monoisotopic (exact) mass is 490 g/mol. The van der Waals surface area contributed by atoms with Gasteiger partial charge in [-0.25, -0.2) is 4.90 Å². The lowest BCUT2D eigenvalue weighted by Crippen LogP contribution is -2.31. The third kappa shape index (κ3) is 4.69. The van der Waals surface area contributed by atoms with Crippen molar-refractivity contribution in [2.75, 3.05) is 24.9 Å². The predicted octanol–water partition coefficient (Wildman–Crippen LogP) is 5.36. The minimum atomic E-state index is -0.368. The van der Waals surface area contributed by atoms with Crippen molar-refractivity contribution in [3.8, 4) is 11.5 Å². The Hall–Kier alpha value is -4.84. The number of carbonyl (C=O) groups is 2. The third-order valence-electron chi connectivity index (χ3n) is 6.42. The van der Waals surface area contributed by atoms with E-state index in [4.69, 9.17) is 15.2 Å². The molecule has 5 rings (SSSR count). The minimum Gasteiger partial charge on any atom is -0.497 e. The normalized spacial score (nSPS) is 13.3. The van der Waals surface area contributed by atoms with Gasteiger partial charge in [-0.15, -0.1) is 0 Å². The van der Waals surface area contributed by atoms with Gasteiger partial charge in [-0.05, 0) is 77.2 Å². The molecule has 0 fully saturated rings. The van der Waals surface area contributed by atoms with Gasteiger partial charge in [-0.3, -0.25) is 9.59 Å². The summed E-state index contributed by atoms with van der Waals surface area (Å²) in [6.07, 6.45) is 0.717. The van der Waals surface area contributed by atoms with Crippen LogP contribution in [0.4, 0.5) is 11.4 Å². The Kier molecular flexibility index (Phi) is 6.47. The predicted molar refractivity (Wildman–Crippen MR) is 145 cm³/mol. The Morgan fingerprint density at radius 1 is 0.595 bits per heavy atom. The number of nitrogens with two attached hydrogens (primary N) is 1. The van der Waals surface area contributed by atoms with Crippen molar-refractivity contribution in [3.05, 3.63) is 119 Å². The molecule has 0 atom stereocenters. The van der Waals surface area contributed by atoms with Crippen LogP contribution in [0.25, 0.3) is 11.1 Å². The maximum absolute atomic E-state index is 13.8. The molecule has 4 aromatic carbocycles. The van der Waals surface area contributed by atoms with Gasteiger partial charge in [0.25, 0.3) is 11.8 Å². The first-order valence-electron chi connectivity index (χ1n) is 11.8. The van der Waals surface area contributed by atoms with Crippen LogP contribution in [0.2, 0.25) is 0 Å². The van der Waals surface area contributed by atoms with E-state index in [1.165, 1.54) is 4.90 Å². The summed E-state index contributed by atoms with van der Waals surface area (Å²) in [6, 6.07) is 29.5. The van der Waals surface area contributed by atoms with Gasteiger partial charge < -0.3 is 15.2 Å². The summed E-state index contributed by atoms with van der Waals surface area (Å²) in [7, 11) is 3.17. The summed E-state index contributed by atoms with van der Waals surface area (Å²) in [5.41, 5.74) is 11.2. The van der Waals surface area contributed by atoms with Crippen molar-refractivity contribution >= 4 is 34.3 Å². The molecule has 0 aliphatic carbocycles. The molecule has 0 saturated heterocycles. The van der Waals surface area contributed by atoms with Crippen molar-refractivity contribution < 1.29 is 19.1 Å². The zero-order chi connectivity index (χ0) is 25.9. The Morgan fingerprint density at radius 2 is 1.00 bits per heavy atom. The van der Waals surface area contributed by atoms with Gasteiger partial charge in [0.1, 0.15) is 11.5 Å². The molecule has 6 heteroatoms. The summed E-state index contributed by atoms with van der Waals surface area (Å²) in [4.78, 5) is 28.8. The van der Waals surface area contributed by atoms with E-state index >= 15 is 0 Å². The van der Waals surface area contributed by atoms with E-state index in [9.17, 15) is 9.59 Å². The zero-order valence-corrected chi connectivity index (χ0v) is 20.6. The second-order valence-electron chi connectivity index (χ2n) is 8.74. The Balaban J connectivity index is 1.50. The summed E-state index contributed by atoms with van der Waals surface area (Å²) in [5.74, 6) is 0.598. The van der Waals surface area contributed by atoms with Gasteiger partial charge in [-0.1, -0.05) is 48.5 Å². The van der Waals surface area contributed by atoms with Crippen LogP contribution in [0, 0.1) is 0 Å². The number of benzene rings is 4. The number of rotatable bonds is 7. The van der Waals surface area contributed by atoms with Crippen LogP contribution < -0.4 is 20.1 Å². The highest BCUT2D eigenvalue weighted by Crippen LogP contribution is 2.39. The van der Waals surface area contributed by atoms with Crippen LogP contribution in [0.3, 0.4) is 0 Å². The van der Waals surface area contributed by atoms with E-state index in [2.05, 4.69) is 0 Å². The standard InChI is InChI=1S/C31H26N2O4/c1-36-26-15-7-22(8-16-26)28-29(23-9-17-27(37-2)18-10-23)31(35)33(30(28)34)25-13-5-21(6-14-25)19-20-3-11-24(32)12-4-20/h3-18H,19,32H2,1-2H3. The molecule has 0 saturated carbocycles. The van der Waals surface area contributed by atoms with Crippen molar-refractivity contribution in [1.29, 1.82) is 0 Å². The third-order valence-corrected chi connectivity index (χ3v) is 6.42. The number of hydrogen-bond donors (Lipinski definition) is 1. The molecule has 1 aliphatic rings. The van der Waals surface area contributed by atoms with E-state index in [0.29, 0.717) is 39.5 Å². The largest absolute Gasteiger partial charge is 0.497 e. The second kappa shape index (κ2) is 10.0. The number of imide groups is 1. The van der Waals surface area contributed by atoms with E-state index in [0.717, 1.165) is 23.2 Å². The highest BCUT2D eigenvalue weighted by molar-refractivity contribution is 6.57. The van der Waals surface area contributed by atoms with Crippen LogP contribution in [0.15, 0.2) is 97.1 Å². The molecule has 4 aromatic rings. The van der Waals surface area contributed by atoms with Gasteiger partial charge in [0.05, 0.1) is 31.1 Å². The molecule has 2 amide bonds. The maximum atomic E-state index is 13.8. The number of nitrogens with zero attached hydrogens (tertiary/aromatic N) is 1. The first kappa shape index (κ1) is 23.9. The van der Waals surface area contributed by atoms with E-state index in [1.807, 2.05) is 48.5 Å². The molecule has 1 aliphatic heterocycles. The Morgan fingerprint density at radius 3 is 1.41 bits per heavy atom. The number of anilines is 2. The van der Waals surface area contributed by atoms with Crippen molar-refractivity contribution in [1.82, 2.24) is 0 Å². The average molecular weight is 491 g/mol. The highest BCUT2D eigenvalue weighted by atomic mass is 16.5. The Bertz CT molecular complexity index is 1400. The van der Waals surface area contributed by atoms with Crippen LogP contribution in [0.5, 0.6) is 11.5 Å². The average Bonchev–Trinajstić information content (AvgIpc) is 3.20. The quantitative estimate of drug-likeness (QED) is 0.279. The van der Waals surface area contributed by atoms with E-state index in [1.54, 1.807) is 62.8 Å². The highest BCUT2D eigenvalue weighted by Gasteiger charge is 2.40. The van der Waals surface area contributed by atoms with Crippen LogP contribution >= 0.6 is 0 Å². The zero-order valence-electron chi connectivity index (χ0n) is 20.6. The fourth-order valence-electron chi connectivity index (χ4n) is 4.45. The van der Waals surface area contributed by atoms with Crippen molar-refractivity contribution in [2.24, 2.45) is 0 Å². The summed E-state index contributed by atoms with van der Waals surface area (Å²) in [6.45, 7) is 0. The molecular weight excluding hydrogens is 464 g/mol. The molecule has 0 spiro atoms. The molecule has 0 bridgehead atoms. The first-order valence-corrected chi connectivity index (χ1v) is 11.8. The van der Waals surface area contributed by atoms with Crippen LogP contribution in [0.1, 0.15) is 22.3 Å². The molecule has 6 nitrogen and oxygen atoms in total. The molecular formula is C31H26N2O4. The van der Waals surface area contributed by atoms with Gasteiger partial charge >= 0.3 is 0 Å². The summed E-state index contributed by atoms with van der Waals surface area (Å²) in [5, 5.41) is 0. The molecule has 184 valence electrons. The first-order chi connectivity index (χ1) is 18.0. The number of ether oxygens (including phenoxy) is 2. The summed E-state index contributed by atoms with van der Waals surface area (Å²) >= 11 is 0. The fraction of sp³-hybridized carbons (Fsp3) is 0.0968. The Labute approximate surface area is 215 Å². The number of amides is 2. The maximum Gasteiger partial charge on any atom is 0.266 e. The van der Waals surface area contributed by atoms with Crippen LogP contribution in [-0.2, 0) is 16.0 Å². The van der Waals surface area contributed by atoms with E-state index in [-0.39, 0.29) is 11.8 Å². The number of carbonyl (C=O) groups excluding carboxylic acids is 2. The lowest BCUT2D eigenvalue weighted by molar-refractivity contribution is -0.119. The lowest BCUT2D eigenvalue weighted by atomic mass is 9.96. The van der Waals surface area contributed by atoms with Crippen molar-refractivity contribution in [3.63, 3.8) is 0 Å².